The second kappa shape index (κ2) is 6.15. The lowest BCUT2D eigenvalue weighted by molar-refractivity contribution is 0.215. The maximum absolute atomic E-state index is 5.37. The van der Waals surface area contributed by atoms with Gasteiger partial charge in [-0.05, 0) is 11.4 Å². The SMILES string of the molecule is c1csc(-c2noc(CN3CCN(c4nccs4)CC3)n2)c1. The van der Waals surface area contributed by atoms with Gasteiger partial charge >= 0.3 is 0 Å². The topological polar surface area (TPSA) is 58.3 Å². The molecule has 0 atom stereocenters. The minimum absolute atomic E-state index is 0.686. The molecule has 0 N–H and O–H groups in total. The zero-order valence-electron chi connectivity index (χ0n) is 11.9. The first kappa shape index (κ1) is 13.9. The highest BCUT2D eigenvalue weighted by Crippen LogP contribution is 2.22. The Morgan fingerprint density at radius 2 is 2.05 bits per heavy atom. The van der Waals surface area contributed by atoms with E-state index in [1.807, 2.05) is 29.1 Å². The summed E-state index contributed by atoms with van der Waals surface area (Å²) in [5.74, 6) is 1.37. The lowest BCUT2D eigenvalue weighted by atomic mass is 10.3. The number of thiazole rings is 1. The number of thiophene rings is 1. The van der Waals surface area contributed by atoms with Gasteiger partial charge in [0.15, 0.2) is 5.13 Å². The maximum atomic E-state index is 5.37. The van der Waals surface area contributed by atoms with E-state index < -0.39 is 0 Å². The highest BCUT2D eigenvalue weighted by molar-refractivity contribution is 7.13. The Bertz CT molecular complexity index is 702. The van der Waals surface area contributed by atoms with Crippen molar-refractivity contribution in [1.29, 1.82) is 0 Å². The normalized spacial score (nSPS) is 16.3. The fourth-order valence-corrected chi connectivity index (χ4v) is 3.83. The molecule has 0 amide bonds. The zero-order valence-corrected chi connectivity index (χ0v) is 13.5. The molecule has 1 saturated heterocycles. The monoisotopic (exact) mass is 333 g/mol. The summed E-state index contributed by atoms with van der Waals surface area (Å²) in [7, 11) is 0. The van der Waals surface area contributed by atoms with E-state index in [1.165, 1.54) is 0 Å². The molecule has 0 spiro atoms. The van der Waals surface area contributed by atoms with Gasteiger partial charge in [0.25, 0.3) is 0 Å². The van der Waals surface area contributed by atoms with Crippen LogP contribution in [0.4, 0.5) is 5.13 Å². The highest BCUT2D eigenvalue weighted by atomic mass is 32.1. The fraction of sp³-hybridized carbons (Fsp3) is 0.357. The van der Waals surface area contributed by atoms with Crippen LogP contribution in [0, 0.1) is 0 Å². The maximum Gasteiger partial charge on any atom is 0.241 e. The molecule has 0 unspecified atom stereocenters. The Hall–Kier alpha value is -1.77. The average Bonchev–Trinajstić information content (AvgIpc) is 3.30. The molecular weight excluding hydrogens is 318 g/mol. The molecular formula is C14H15N5OS2. The van der Waals surface area contributed by atoms with Gasteiger partial charge in [-0.2, -0.15) is 4.98 Å². The molecule has 3 aromatic heterocycles. The quantitative estimate of drug-likeness (QED) is 0.731. The number of piperazine rings is 1. The van der Waals surface area contributed by atoms with Crippen molar-refractivity contribution in [2.24, 2.45) is 0 Å². The summed E-state index contributed by atoms with van der Waals surface area (Å²) < 4.78 is 5.37. The van der Waals surface area contributed by atoms with Crippen LogP contribution >= 0.6 is 22.7 Å². The molecule has 114 valence electrons. The standard InChI is InChI=1S/C14H15N5OS2/c1-2-11(21-8-1)13-16-12(20-17-13)10-18-4-6-19(7-5-18)14-15-3-9-22-14/h1-3,8-9H,4-7,10H2. The first-order valence-corrected chi connectivity index (χ1v) is 8.88. The van der Waals surface area contributed by atoms with Gasteiger partial charge in [0, 0.05) is 37.8 Å². The Labute approximate surface area is 136 Å². The van der Waals surface area contributed by atoms with E-state index >= 15 is 0 Å². The number of anilines is 1. The number of nitrogens with zero attached hydrogens (tertiary/aromatic N) is 5. The third-order valence-corrected chi connectivity index (χ3v) is 5.33. The fourth-order valence-electron chi connectivity index (χ4n) is 2.49. The van der Waals surface area contributed by atoms with Crippen LogP contribution in [-0.2, 0) is 6.54 Å². The van der Waals surface area contributed by atoms with Gasteiger partial charge in [0.05, 0.1) is 11.4 Å². The molecule has 0 saturated carbocycles. The molecule has 6 nitrogen and oxygen atoms in total. The van der Waals surface area contributed by atoms with Gasteiger partial charge < -0.3 is 9.42 Å². The molecule has 0 bridgehead atoms. The summed E-state index contributed by atoms with van der Waals surface area (Å²) in [6.45, 7) is 4.65. The predicted molar refractivity (Wildman–Crippen MR) is 87.2 cm³/mol. The van der Waals surface area contributed by atoms with E-state index in [-0.39, 0.29) is 0 Å². The Morgan fingerprint density at radius 1 is 1.14 bits per heavy atom. The van der Waals surface area contributed by atoms with Gasteiger partial charge in [0.1, 0.15) is 0 Å². The lowest BCUT2D eigenvalue weighted by Crippen LogP contribution is -2.46. The van der Waals surface area contributed by atoms with Crippen LogP contribution in [0.3, 0.4) is 0 Å². The smallest absolute Gasteiger partial charge is 0.241 e. The van der Waals surface area contributed by atoms with E-state index in [0.717, 1.165) is 36.2 Å². The minimum Gasteiger partial charge on any atom is -0.346 e. The van der Waals surface area contributed by atoms with Gasteiger partial charge in [-0.25, -0.2) is 4.98 Å². The van der Waals surface area contributed by atoms with Crippen molar-refractivity contribution in [3.05, 3.63) is 35.0 Å². The molecule has 22 heavy (non-hydrogen) atoms. The van der Waals surface area contributed by atoms with E-state index in [1.54, 1.807) is 22.7 Å². The minimum atomic E-state index is 0.686. The Balaban J connectivity index is 1.35. The lowest BCUT2D eigenvalue weighted by Gasteiger charge is -2.33. The van der Waals surface area contributed by atoms with Crippen molar-refractivity contribution in [3.63, 3.8) is 0 Å². The first-order valence-electron chi connectivity index (χ1n) is 7.12. The second-order valence-electron chi connectivity index (χ2n) is 5.07. The molecule has 1 aliphatic rings. The molecule has 4 rings (SSSR count). The number of hydrogen-bond donors (Lipinski definition) is 0. The number of aromatic nitrogens is 3. The van der Waals surface area contributed by atoms with Crippen LogP contribution < -0.4 is 4.90 Å². The van der Waals surface area contributed by atoms with Crippen molar-refractivity contribution in [2.45, 2.75) is 6.54 Å². The van der Waals surface area contributed by atoms with Crippen molar-refractivity contribution >= 4 is 27.8 Å². The van der Waals surface area contributed by atoms with Gasteiger partial charge in [-0.1, -0.05) is 11.2 Å². The van der Waals surface area contributed by atoms with Gasteiger partial charge in [-0.3, -0.25) is 4.90 Å². The summed E-state index contributed by atoms with van der Waals surface area (Å²) in [5.41, 5.74) is 0. The summed E-state index contributed by atoms with van der Waals surface area (Å²) >= 11 is 3.32. The van der Waals surface area contributed by atoms with Crippen molar-refractivity contribution < 1.29 is 4.52 Å². The predicted octanol–water partition coefficient (Wildman–Crippen LogP) is 2.58. The Kier molecular flexibility index (Phi) is 3.88. The van der Waals surface area contributed by atoms with Crippen LogP contribution in [0.25, 0.3) is 10.7 Å². The molecule has 3 aromatic rings. The van der Waals surface area contributed by atoms with Crippen LogP contribution in [0.2, 0.25) is 0 Å². The molecule has 8 heteroatoms. The first-order chi connectivity index (χ1) is 10.9. The summed E-state index contributed by atoms with van der Waals surface area (Å²) in [6, 6.07) is 4.00. The summed E-state index contributed by atoms with van der Waals surface area (Å²) in [4.78, 5) is 14.6. The van der Waals surface area contributed by atoms with Crippen molar-refractivity contribution in [1.82, 2.24) is 20.0 Å². The third-order valence-electron chi connectivity index (χ3n) is 3.63. The summed E-state index contributed by atoms with van der Waals surface area (Å²) in [6.07, 6.45) is 1.86. The van der Waals surface area contributed by atoms with Crippen molar-refractivity contribution in [3.8, 4) is 10.7 Å². The van der Waals surface area contributed by atoms with E-state index in [2.05, 4.69) is 24.9 Å². The third kappa shape index (κ3) is 2.90. The van der Waals surface area contributed by atoms with E-state index in [0.29, 0.717) is 18.3 Å². The Morgan fingerprint density at radius 3 is 2.77 bits per heavy atom. The van der Waals surface area contributed by atoms with Crippen LogP contribution in [0.1, 0.15) is 5.89 Å². The second-order valence-corrected chi connectivity index (χ2v) is 6.89. The van der Waals surface area contributed by atoms with E-state index in [9.17, 15) is 0 Å². The number of hydrogen-bond acceptors (Lipinski definition) is 8. The summed E-state index contributed by atoms with van der Waals surface area (Å²) in [5, 5.41) is 9.20. The molecule has 1 aliphatic heterocycles. The van der Waals surface area contributed by atoms with Gasteiger partial charge in [-0.15, -0.1) is 22.7 Å². The van der Waals surface area contributed by atoms with Crippen LogP contribution in [0.5, 0.6) is 0 Å². The molecule has 0 aliphatic carbocycles. The van der Waals surface area contributed by atoms with Crippen LogP contribution in [-0.4, -0.2) is 46.2 Å². The molecule has 0 aromatic carbocycles. The molecule has 4 heterocycles. The largest absolute Gasteiger partial charge is 0.346 e. The van der Waals surface area contributed by atoms with Crippen molar-refractivity contribution in [2.75, 3.05) is 31.1 Å². The van der Waals surface area contributed by atoms with Crippen LogP contribution in [0.15, 0.2) is 33.6 Å². The zero-order chi connectivity index (χ0) is 14.8. The average molecular weight is 333 g/mol. The van der Waals surface area contributed by atoms with Gasteiger partial charge in [0.2, 0.25) is 11.7 Å². The molecule has 0 radical (unpaired) electrons. The van der Waals surface area contributed by atoms with E-state index in [4.69, 9.17) is 4.52 Å². The highest BCUT2D eigenvalue weighted by Gasteiger charge is 2.20. The molecule has 1 fully saturated rings. The number of rotatable bonds is 4.